The first-order valence-corrected chi connectivity index (χ1v) is 5.45. The quantitative estimate of drug-likeness (QED) is 0.644. The van der Waals surface area contributed by atoms with E-state index >= 15 is 0 Å². The normalized spacial score (nSPS) is 12.7. The van der Waals surface area contributed by atoms with E-state index in [0.29, 0.717) is 5.69 Å². The van der Waals surface area contributed by atoms with Crippen molar-refractivity contribution in [3.8, 4) is 0 Å². The maximum absolute atomic E-state index is 13.7. The highest BCUT2D eigenvalue weighted by Crippen LogP contribution is 2.26. The van der Waals surface area contributed by atoms with Crippen molar-refractivity contribution in [3.05, 3.63) is 52.9 Å². The lowest BCUT2D eigenvalue weighted by Gasteiger charge is -2.17. The lowest BCUT2D eigenvalue weighted by Crippen LogP contribution is -2.31. The summed E-state index contributed by atoms with van der Waals surface area (Å²) in [6.45, 7) is 1.80. The molecule has 0 bridgehead atoms. The van der Waals surface area contributed by atoms with E-state index < -0.39 is 17.7 Å². The molecule has 0 radical (unpaired) electrons. The van der Waals surface area contributed by atoms with Gasteiger partial charge in [0.15, 0.2) is 0 Å². The summed E-state index contributed by atoms with van der Waals surface area (Å²) >= 11 is 0. The maximum Gasteiger partial charge on any atom is 0.131 e. The van der Waals surface area contributed by atoms with Crippen LogP contribution in [-0.4, -0.2) is 9.78 Å². The molecule has 0 amide bonds. The zero-order chi connectivity index (χ0) is 13.3. The number of aryl methyl sites for hydroxylation is 2. The SMILES string of the molecule is Cc1cc(C(NN)c2c(F)cccc2F)n(C)n1. The van der Waals surface area contributed by atoms with Gasteiger partial charge in [0.25, 0.3) is 0 Å². The molecular formula is C12H14F2N4. The van der Waals surface area contributed by atoms with Crippen LogP contribution >= 0.6 is 0 Å². The molecule has 1 atom stereocenters. The Morgan fingerprint density at radius 1 is 1.33 bits per heavy atom. The number of nitrogens with two attached hydrogens (primary N) is 1. The van der Waals surface area contributed by atoms with Crippen LogP contribution in [0, 0.1) is 18.6 Å². The van der Waals surface area contributed by atoms with Gasteiger partial charge in [-0.25, -0.2) is 14.2 Å². The molecule has 0 saturated heterocycles. The average molecular weight is 252 g/mol. The van der Waals surface area contributed by atoms with Crippen LogP contribution in [-0.2, 0) is 7.05 Å². The molecular weight excluding hydrogens is 238 g/mol. The minimum Gasteiger partial charge on any atom is -0.271 e. The minimum atomic E-state index is -0.780. The number of nitrogens with zero attached hydrogens (tertiary/aromatic N) is 2. The molecule has 4 nitrogen and oxygen atoms in total. The summed E-state index contributed by atoms with van der Waals surface area (Å²) in [7, 11) is 1.70. The van der Waals surface area contributed by atoms with Crippen LogP contribution in [0.3, 0.4) is 0 Å². The largest absolute Gasteiger partial charge is 0.271 e. The van der Waals surface area contributed by atoms with Crippen LogP contribution in [0.15, 0.2) is 24.3 Å². The topological polar surface area (TPSA) is 55.9 Å². The number of hydrazine groups is 1. The Labute approximate surface area is 103 Å². The van der Waals surface area contributed by atoms with Crippen LogP contribution in [0.5, 0.6) is 0 Å². The maximum atomic E-state index is 13.7. The molecule has 0 spiro atoms. The monoisotopic (exact) mass is 252 g/mol. The molecule has 0 saturated carbocycles. The second kappa shape index (κ2) is 4.83. The van der Waals surface area contributed by atoms with Gasteiger partial charge in [-0.15, -0.1) is 0 Å². The van der Waals surface area contributed by atoms with Gasteiger partial charge in [0.2, 0.25) is 0 Å². The molecule has 0 aliphatic heterocycles. The van der Waals surface area contributed by atoms with Gasteiger partial charge in [-0.05, 0) is 25.1 Å². The summed E-state index contributed by atoms with van der Waals surface area (Å²) in [6, 6.07) is 4.67. The fourth-order valence-electron chi connectivity index (χ4n) is 2.00. The van der Waals surface area contributed by atoms with Crippen molar-refractivity contribution in [2.24, 2.45) is 12.9 Å². The lowest BCUT2D eigenvalue weighted by atomic mass is 10.0. The number of rotatable bonds is 3. The summed E-state index contributed by atoms with van der Waals surface area (Å²) in [6.07, 6.45) is 0. The fourth-order valence-corrected chi connectivity index (χ4v) is 2.00. The van der Waals surface area contributed by atoms with E-state index in [1.807, 2.05) is 0 Å². The van der Waals surface area contributed by atoms with E-state index in [4.69, 9.17) is 5.84 Å². The molecule has 18 heavy (non-hydrogen) atoms. The van der Waals surface area contributed by atoms with E-state index in [1.165, 1.54) is 18.2 Å². The zero-order valence-electron chi connectivity index (χ0n) is 10.1. The third-order valence-corrected chi connectivity index (χ3v) is 2.79. The Morgan fingerprint density at radius 2 is 1.94 bits per heavy atom. The Kier molecular flexibility index (Phi) is 3.40. The Hall–Kier alpha value is -1.79. The van der Waals surface area contributed by atoms with Gasteiger partial charge in [-0.2, -0.15) is 5.10 Å². The molecule has 1 aromatic heterocycles. The van der Waals surface area contributed by atoms with E-state index in [2.05, 4.69) is 10.5 Å². The van der Waals surface area contributed by atoms with Crippen molar-refractivity contribution >= 4 is 0 Å². The highest BCUT2D eigenvalue weighted by molar-refractivity contribution is 5.31. The first kappa shape index (κ1) is 12.7. The number of halogens is 2. The third kappa shape index (κ3) is 2.12. The molecule has 96 valence electrons. The molecule has 2 aromatic rings. The van der Waals surface area contributed by atoms with Gasteiger partial charge in [0.1, 0.15) is 11.6 Å². The zero-order valence-corrected chi connectivity index (χ0v) is 10.1. The van der Waals surface area contributed by atoms with Crippen molar-refractivity contribution in [1.82, 2.24) is 15.2 Å². The second-order valence-electron chi connectivity index (χ2n) is 4.07. The van der Waals surface area contributed by atoms with E-state index in [1.54, 1.807) is 24.7 Å². The molecule has 0 aliphatic carbocycles. The van der Waals surface area contributed by atoms with Crippen molar-refractivity contribution in [3.63, 3.8) is 0 Å². The van der Waals surface area contributed by atoms with Gasteiger partial charge >= 0.3 is 0 Å². The summed E-state index contributed by atoms with van der Waals surface area (Å²) in [5.41, 5.74) is 3.67. The smallest absolute Gasteiger partial charge is 0.131 e. The van der Waals surface area contributed by atoms with Crippen molar-refractivity contribution in [2.45, 2.75) is 13.0 Å². The van der Waals surface area contributed by atoms with Gasteiger partial charge in [0.05, 0.1) is 17.4 Å². The lowest BCUT2D eigenvalue weighted by molar-refractivity contribution is 0.493. The van der Waals surface area contributed by atoms with Crippen molar-refractivity contribution in [1.29, 1.82) is 0 Å². The fraction of sp³-hybridized carbons (Fsp3) is 0.250. The number of hydrogen-bond acceptors (Lipinski definition) is 3. The Morgan fingerprint density at radius 3 is 2.39 bits per heavy atom. The average Bonchev–Trinajstić information content (AvgIpc) is 2.63. The number of nitrogens with one attached hydrogen (secondary N) is 1. The molecule has 1 aromatic carbocycles. The molecule has 0 fully saturated rings. The predicted octanol–water partition coefficient (Wildman–Crippen LogP) is 1.56. The van der Waals surface area contributed by atoms with Gasteiger partial charge in [0, 0.05) is 12.6 Å². The van der Waals surface area contributed by atoms with Crippen LogP contribution in [0.2, 0.25) is 0 Å². The summed E-state index contributed by atoms with van der Waals surface area (Å²) < 4.78 is 29.0. The van der Waals surface area contributed by atoms with Crippen LogP contribution < -0.4 is 11.3 Å². The van der Waals surface area contributed by atoms with E-state index in [-0.39, 0.29) is 5.56 Å². The van der Waals surface area contributed by atoms with Crippen molar-refractivity contribution < 1.29 is 8.78 Å². The van der Waals surface area contributed by atoms with Crippen LogP contribution in [0.1, 0.15) is 23.0 Å². The number of hydrogen-bond donors (Lipinski definition) is 2. The van der Waals surface area contributed by atoms with E-state index in [9.17, 15) is 8.78 Å². The molecule has 2 rings (SSSR count). The number of benzene rings is 1. The number of aromatic nitrogens is 2. The Bertz CT molecular complexity index is 545. The summed E-state index contributed by atoms with van der Waals surface area (Å²) in [5.74, 6) is 4.14. The molecule has 6 heteroatoms. The highest BCUT2D eigenvalue weighted by Gasteiger charge is 2.23. The van der Waals surface area contributed by atoms with Crippen molar-refractivity contribution in [2.75, 3.05) is 0 Å². The standard InChI is InChI=1S/C12H14F2N4/c1-7-6-10(18(2)17-7)12(16-15)11-8(13)4-3-5-9(11)14/h3-6,12,16H,15H2,1-2H3. The third-order valence-electron chi connectivity index (χ3n) is 2.79. The first-order chi connectivity index (χ1) is 8.54. The van der Waals surface area contributed by atoms with Gasteiger partial charge in [-0.1, -0.05) is 6.07 Å². The molecule has 3 N–H and O–H groups in total. The second-order valence-corrected chi connectivity index (χ2v) is 4.07. The van der Waals surface area contributed by atoms with Gasteiger partial charge in [-0.3, -0.25) is 10.5 Å². The molecule has 1 heterocycles. The highest BCUT2D eigenvalue weighted by atomic mass is 19.1. The molecule has 0 aliphatic rings. The van der Waals surface area contributed by atoms with Crippen LogP contribution in [0.25, 0.3) is 0 Å². The minimum absolute atomic E-state index is 0.108. The van der Waals surface area contributed by atoms with Crippen LogP contribution in [0.4, 0.5) is 8.78 Å². The summed E-state index contributed by atoms with van der Waals surface area (Å²) in [4.78, 5) is 0. The Balaban J connectivity index is 2.55. The van der Waals surface area contributed by atoms with Gasteiger partial charge < -0.3 is 0 Å². The first-order valence-electron chi connectivity index (χ1n) is 5.45. The van der Waals surface area contributed by atoms with E-state index in [0.717, 1.165) is 5.69 Å². The molecule has 1 unspecified atom stereocenters. The predicted molar refractivity (Wildman–Crippen MR) is 63.5 cm³/mol. The summed E-state index contributed by atoms with van der Waals surface area (Å²) in [5, 5.41) is 4.14.